The Hall–Kier alpha value is -0.910. The van der Waals surface area contributed by atoms with Crippen LogP contribution < -0.4 is 5.73 Å². The lowest BCUT2D eigenvalue weighted by molar-refractivity contribution is 0.0670. The van der Waals surface area contributed by atoms with Gasteiger partial charge in [0, 0.05) is 51.1 Å². The highest BCUT2D eigenvalue weighted by atomic mass is 16.5. The molecule has 1 aromatic heterocycles. The van der Waals surface area contributed by atoms with Crippen molar-refractivity contribution in [1.29, 1.82) is 0 Å². The number of nitrogens with zero attached hydrogens (tertiary/aromatic N) is 3. The third-order valence-corrected chi connectivity index (χ3v) is 3.14. The van der Waals surface area contributed by atoms with Gasteiger partial charge in [0.25, 0.3) is 0 Å². The van der Waals surface area contributed by atoms with E-state index in [1.165, 1.54) is 0 Å². The molecular weight excluding hydrogens is 216 g/mol. The summed E-state index contributed by atoms with van der Waals surface area (Å²) in [5.74, 6) is 0. The van der Waals surface area contributed by atoms with Gasteiger partial charge in [-0.1, -0.05) is 0 Å². The maximum absolute atomic E-state index is 6.20. The van der Waals surface area contributed by atoms with Gasteiger partial charge in [-0.2, -0.15) is 5.10 Å². The Kier molecular flexibility index (Phi) is 4.15. The van der Waals surface area contributed by atoms with Crippen molar-refractivity contribution >= 4 is 0 Å². The van der Waals surface area contributed by atoms with Gasteiger partial charge in [0.05, 0.1) is 12.3 Å². The Morgan fingerprint density at radius 2 is 2.47 bits per heavy atom. The fourth-order valence-corrected chi connectivity index (χ4v) is 2.26. The lowest BCUT2D eigenvalue weighted by Gasteiger charge is -2.24. The Bertz CT molecular complexity index is 352. The average Bonchev–Trinajstić information content (AvgIpc) is 2.61. The highest BCUT2D eigenvalue weighted by Crippen LogP contribution is 2.13. The standard InChI is InChI=1S/C12H22N4O/c1-10-7-16(4-3-5-17-10)9-12(13)11-6-14-15(2)8-11/h6,8,10,12H,3-5,7,9,13H2,1-2H3. The molecule has 2 unspecified atom stereocenters. The van der Waals surface area contributed by atoms with Gasteiger partial charge in [-0.25, -0.2) is 0 Å². The molecule has 0 bridgehead atoms. The molecule has 0 radical (unpaired) electrons. The summed E-state index contributed by atoms with van der Waals surface area (Å²) in [5, 5.41) is 4.16. The second-order valence-electron chi connectivity index (χ2n) is 4.85. The van der Waals surface area contributed by atoms with Gasteiger partial charge in [-0.15, -0.1) is 0 Å². The molecule has 1 aliphatic rings. The average molecular weight is 238 g/mol. The second-order valence-corrected chi connectivity index (χ2v) is 4.85. The molecule has 96 valence electrons. The molecule has 2 atom stereocenters. The van der Waals surface area contributed by atoms with Crippen LogP contribution in [0, 0.1) is 0 Å². The third kappa shape index (κ3) is 3.52. The summed E-state index contributed by atoms with van der Waals surface area (Å²) in [4.78, 5) is 2.38. The molecule has 2 rings (SSSR count). The quantitative estimate of drug-likeness (QED) is 0.834. The van der Waals surface area contributed by atoms with Crippen molar-refractivity contribution in [3.8, 4) is 0 Å². The molecule has 0 amide bonds. The van der Waals surface area contributed by atoms with Crippen LogP contribution in [-0.4, -0.2) is 47.0 Å². The van der Waals surface area contributed by atoms with E-state index in [1.807, 2.05) is 19.4 Å². The van der Waals surface area contributed by atoms with Crippen LogP contribution in [0.2, 0.25) is 0 Å². The summed E-state index contributed by atoms with van der Waals surface area (Å²) in [7, 11) is 1.91. The summed E-state index contributed by atoms with van der Waals surface area (Å²) in [5.41, 5.74) is 7.30. The minimum atomic E-state index is 0.0361. The van der Waals surface area contributed by atoms with Crippen molar-refractivity contribution < 1.29 is 4.74 Å². The smallest absolute Gasteiger partial charge is 0.0673 e. The molecule has 2 N–H and O–H groups in total. The van der Waals surface area contributed by atoms with Crippen LogP contribution in [0.1, 0.15) is 24.9 Å². The van der Waals surface area contributed by atoms with Crippen molar-refractivity contribution in [2.24, 2.45) is 12.8 Å². The van der Waals surface area contributed by atoms with Crippen LogP contribution in [0.15, 0.2) is 12.4 Å². The Labute approximate surface area is 103 Å². The maximum Gasteiger partial charge on any atom is 0.0673 e. The van der Waals surface area contributed by atoms with Crippen LogP contribution >= 0.6 is 0 Å². The first-order valence-corrected chi connectivity index (χ1v) is 6.23. The van der Waals surface area contributed by atoms with Gasteiger partial charge in [0.1, 0.15) is 0 Å². The minimum absolute atomic E-state index is 0.0361. The normalized spacial score (nSPS) is 24.5. The minimum Gasteiger partial charge on any atom is -0.377 e. The monoisotopic (exact) mass is 238 g/mol. The van der Waals surface area contributed by atoms with E-state index in [-0.39, 0.29) is 6.04 Å². The van der Waals surface area contributed by atoms with Gasteiger partial charge >= 0.3 is 0 Å². The third-order valence-electron chi connectivity index (χ3n) is 3.14. The summed E-state index contributed by atoms with van der Waals surface area (Å²) in [6.07, 6.45) is 5.23. The van der Waals surface area contributed by atoms with Gasteiger partial charge in [-0.05, 0) is 13.3 Å². The van der Waals surface area contributed by atoms with Gasteiger partial charge in [0.15, 0.2) is 0 Å². The zero-order valence-corrected chi connectivity index (χ0v) is 10.7. The lowest BCUT2D eigenvalue weighted by atomic mass is 10.1. The van der Waals surface area contributed by atoms with E-state index in [0.29, 0.717) is 6.10 Å². The molecule has 2 heterocycles. The number of ether oxygens (including phenoxy) is 1. The Morgan fingerprint density at radius 3 is 3.18 bits per heavy atom. The molecule has 0 saturated carbocycles. The van der Waals surface area contributed by atoms with E-state index >= 15 is 0 Å². The van der Waals surface area contributed by atoms with Crippen molar-refractivity contribution in [3.05, 3.63) is 18.0 Å². The second kappa shape index (κ2) is 5.62. The van der Waals surface area contributed by atoms with E-state index in [4.69, 9.17) is 10.5 Å². The van der Waals surface area contributed by atoms with Gasteiger partial charge in [-0.3, -0.25) is 9.58 Å². The Morgan fingerprint density at radius 1 is 1.65 bits per heavy atom. The van der Waals surface area contributed by atoms with E-state index < -0.39 is 0 Å². The number of rotatable bonds is 3. The van der Waals surface area contributed by atoms with Crippen LogP contribution in [0.5, 0.6) is 0 Å². The van der Waals surface area contributed by atoms with Crippen LogP contribution in [0.3, 0.4) is 0 Å². The number of hydrogen-bond acceptors (Lipinski definition) is 4. The van der Waals surface area contributed by atoms with Gasteiger partial charge < -0.3 is 10.5 Å². The number of nitrogens with two attached hydrogens (primary N) is 1. The first kappa shape index (κ1) is 12.5. The first-order valence-electron chi connectivity index (χ1n) is 6.23. The molecule has 1 saturated heterocycles. The molecule has 1 fully saturated rings. The number of hydrogen-bond donors (Lipinski definition) is 1. The highest BCUT2D eigenvalue weighted by molar-refractivity contribution is 5.10. The van der Waals surface area contributed by atoms with Crippen molar-refractivity contribution in [2.45, 2.75) is 25.5 Å². The van der Waals surface area contributed by atoms with Crippen LogP contribution in [0.4, 0.5) is 0 Å². The predicted octanol–water partition coefficient (Wildman–Crippen LogP) is 0.531. The van der Waals surface area contributed by atoms with Crippen molar-refractivity contribution in [3.63, 3.8) is 0 Å². The molecule has 5 heteroatoms. The molecule has 0 aliphatic carbocycles. The molecule has 1 aliphatic heterocycles. The number of aryl methyl sites for hydroxylation is 1. The molecule has 0 aromatic carbocycles. The largest absolute Gasteiger partial charge is 0.377 e. The predicted molar refractivity (Wildman–Crippen MR) is 66.6 cm³/mol. The molecule has 5 nitrogen and oxygen atoms in total. The first-order chi connectivity index (χ1) is 8.15. The van der Waals surface area contributed by atoms with Gasteiger partial charge in [0.2, 0.25) is 0 Å². The zero-order chi connectivity index (χ0) is 12.3. The zero-order valence-electron chi connectivity index (χ0n) is 10.7. The van der Waals surface area contributed by atoms with Crippen molar-refractivity contribution in [2.75, 3.05) is 26.2 Å². The fourth-order valence-electron chi connectivity index (χ4n) is 2.26. The topological polar surface area (TPSA) is 56.3 Å². The lowest BCUT2D eigenvalue weighted by Crippen LogP contribution is -2.36. The summed E-state index contributed by atoms with van der Waals surface area (Å²) in [6.45, 7) is 5.89. The molecular formula is C12H22N4O. The SMILES string of the molecule is CC1CN(CC(N)c2cnn(C)c2)CCCO1. The highest BCUT2D eigenvalue weighted by Gasteiger charge is 2.18. The van der Waals surface area contributed by atoms with E-state index in [2.05, 4.69) is 16.9 Å². The van der Waals surface area contributed by atoms with Crippen LogP contribution in [0.25, 0.3) is 0 Å². The van der Waals surface area contributed by atoms with Crippen LogP contribution in [-0.2, 0) is 11.8 Å². The van der Waals surface area contributed by atoms with E-state index in [9.17, 15) is 0 Å². The summed E-state index contributed by atoms with van der Waals surface area (Å²) >= 11 is 0. The summed E-state index contributed by atoms with van der Waals surface area (Å²) < 4.78 is 7.42. The Balaban J connectivity index is 1.91. The molecule has 1 aromatic rings. The fraction of sp³-hybridized carbons (Fsp3) is 0.750. The summed E-state index contributed by atoms with van der Waals surface area (Å²) in [6, 6.07) is 0.0361. The van der Waals surface area contributed by atoms with Crippen molar-refractivity contribution in [1.82, 2.24) is 14.7 Å². The number of aromatic nitrogens is 2. The van der Waals surface area contributed by atoms with E-state index in [0.717, 1.165) is 38.2 Å². The molecule has 17 heavy (non-hydrogen) atoms. The maximum atomic E-state index is 6.20. The molecule has 0 spiro atoms. The van der Waals surface area contributed by atoms with E-state index in [1.54, 1.807) is 4.68 Å².